The van der Waals surface area contributed by atoms with Crippen LogP contribution in [0.4, 0.5) is 11.4 Å². The number of benzene rings is 2. The van der Waals surface area contributed by atoms with Crippen LogP contribution in [0.2, 0.25) is 5.02 Å². The Morgan fingerprint density at radius 1 is 1.24 bits per heavy atom. The number of nitrogens with zero attached hydrogens (tertiary/aromatic N) is 6. The number of anilines is 2. The first-order valence-corrected chi connectivity index (χ1v) is 13.8. The van der Waals surface area contributed by atoms with Crippen molar-refractivity contribution in [1.29, 1.82) is 5.26 Å². The second-order valence-electron chi connectivity index (χ2n) is 10.9. The molecule has 10 heteroatoms. The maximum absolute atomic E-state index is 9.82. The van der Waals surface area contributed by atoms with Gasteiger partial charge >= 0.3 is 0 Å². The van der Waals surface area contributed by atoms with Gasteiger partial charge < -0.3 is 10.6 Å². The standard InChI is InChI=1S/C28H27ClN8S/c1-28(2,3)14-32-24-16(11-30)12-31-25-20(24)9-17(10-21(25)29)34-26(23-13-37(36-35-23)18-7-8-18)19-5-4-6-22-27(19)38-15-33-22/h4-6,9-10,12-13,15,18,26,34H,7-8,14H2,1-3H3,(H,31,32)/t26-/m0/s1. The van der Waals surface area contributed by atoms with Gasteiger partial charge in [0, 0.05) is 23.8 Å². The summed E-state index contributed by atoms with van der Waals surface area (Å²) >= 11 is 8.38. The third kappa shape index (κ3) is 4.77. The van der Waals surface area contributed by atoms with Crippen molar-refractivity contribution in [3.8, 4) is 6.07 Å². The van der Waals surface area contributed by atoms with Crippen LogP contribution in [0.3, 0.4) is 0 Å². The Balaban J connectivity index is 1.46. The van der Waals surface area contributed by atoms with Gasteiger partial charge in [0.05, 0.1) is 55.8 Å². The molecule has 1 saturated carbocycles. The molecule has 38 heavy (non-hydrogen) atoms. The third-order valence-electron chi connectivity index (χ3n) is 6.59. The molecule has 1 fully saturated rings. The Bertz CT molecular complexity index is 1690. The molecule has 3 aromatic heterocycles. The van der Waals surface area contributed by atoms with Gasteiger partial charge in [-0.25, -0.2) is 9.67 Å². The van der Waals surface area contributed by atoms with Crippen molar-refractivity contribution in [3.05, 3.63) is 70.1 Å². The molecule has 0 saturated heterocycles. The highest BCUT2D eigenvalue weighted by Crippen LogP contribution is 2.39. The van der Waals surface area contributed by atoms with Crippen LogP contribution in [0.15, 0.2) is 48.2 Å². The van der Waals surface area contributed by atoms with Crippen molar-refractivity contribution < 1.29 is 0 Å². The summed E-state index contributed by atoms with van der Waals surface area (Å²) in [6.45, 7) is 7.13. The van der Waals surface area contributed by atoms with E-state index in [4.69, 9.17) is 11.6 Å². The van der Waals surface area contributed by atoms with Crippen molar-refractivity contribution in [1.82, 2.24) is 25.0 Å². The lowest BCUT2D eigenvalue weighted by molar-refractivity contribution is 0.443. The Kier molecular flexibility index (Phi) is 6.17. The molecule has 6 rings (SSSR count). The molecule has 0 radical (unpaired) electrons. The normalized spacial score (nSPS) is 14.5. The quantitative estimate of drug-likeness (QED) is 0.229. The Labute approximate surface area is 229 Å². The fourth-order valence-electron chi connectivity index (χ4n) is 4.53. The lowest BCUT2D eigenvalue weighted by Gasteiger charge is -2.22. The van der Waals surface area contributed by atoms with Crippen molar-refractivity contribution in [2.45, 2.75) is 45.7 Å². The van der Waals surface area contributed by atoms with E-state index < -0.39 is 0 Å². The second-order valence-corrected chi connectivity index (χ2v) is 12.2. The van der Waals surface area contributed by atoms with Crippen molar-refractivity contribution in [2.75, 3.05) is 17.2 Å². The molecule has 5 aromatic rings. The van der Waals surface area contributed by atoms with Gasteiger partial charge in [-0.05, 0) is 42.0 Å². The van der Waals surface area contributed by atoms with Gasteiger partial charge in [-0.1, -0.05) is 49.7 Å². The van der Waals surface area contributed by atoms with Crippen molar-refractivity contribution in [2.24, 2.45) is 5.41 Å². The highest BCUT2D eigenvalue weighted by atomic mass is 35.5. The first-order chi connectivity index (χ1) is 18.3. The van der Waals surface area contributed by atoms with E-state index >= 15 is 0 Å². The Hall–Kier alpha value is -3.74. The van der Waals surface area contributed by atoms with E-state index in [1.807, 2.05) is 40.7 Å². The highest BCUT2D eigenvalue weighted by Gasteiger charge is 2.28. The zero-order valence-corrected chi connectivity index (χ0v) is 22.9. The van der Waals surface area contributed by atoms with Crippen molar-refractivity contribution in [3.63, 3.8) is 0 Å². The number of halogens is 1. The van der Waals surface area contributed by atoms with Crippen LogP contribution in [0.1, 0.15) is 62.5 Å². The molecule has 0 aliphatic heterocycles. The number of nitriles is 1. The molecular weight excluding hydrogens is 516 g/mol. The average molecular weight is 543 g/mol. The average Bonchev–Trinajstić information content (AvgIpc) is 3.41. The largest absolute Gasteiger partial charge is 0.383 e. The summed E-state index contributed by atoms with van der Waals surface area (Å²) in [4.78, 5) is 9.02. The monoisotopic (exact) mass is 542 g/mol. The number of pyridine rings is 1. The Morgan fingerprint density at radius 3 is 2.84 bits per heavy atom. The number of fused-ring (bicyclic) bond motifs is 2. The number of hydrogen-bond donors (Lipinski definition) is 2. The summed E-state index contributed by atoms with van der Waals surface area (Å²) in [6, 6.07) is 12.4. The van der Waals surface area contributed by atoms with Gasteiger partial charge in [0.1, 0.15) is 11.8 Å². The number of nitrogens with one attached hydrogen (secondary N) is 2. The number of rotatable bonds is 7. The van der Waals surface area contributed by atoms with Crippen LogP contribution in [0.5, 0.6) is 0 Å². The fourth-order valence-corrected chi connectivity index (χ4v) is 5.63. The van der Waals surface area contributed by atoms with Gasteiger partial charge in [-0.15, -0.1) is 16.4 Å². The smallest absolute Gasteiger partial charge is 0.110 e. The minimum atomic E-state index is -0.279. The van der Waals surface area contributed by atoms with E-state index in [0.29, 0.717) is 28.7 Å². The molecule has 0 unspecified atom stereocenters. The van der Waals surface area contributed by atoms with Gasteiger partial charge in [0.15, 0.2) is 0 Å². The van der Waals surface area contributed by atoms with Crippen LogP contribution in [-0.2, 0) is 0 Å². The number of thiazole rings is 1. The fraction of sp³-hybridized carbons (Fsp3) is 0.321. The summed E-state index contributed by atoms with van der Waals surface area (Å²) in [5.41, 5.74) is 7.38. The maximum Gasteiger partial charge on any atom is 0.110 e. The van der Waals surface area contributed by atoms with Gasteiger partial charge in [0.25, 0.3) is 0 Å². The maximum atomic E-state index is 9.82. The molecule has 192 valence electrons. The van der Waals surface area contributed by atoms with Crippen LogP contribution in [0, 0.1) is 16.7 Å². The van der Waals surface area contributed by atoms with Gasteiger partial charge in [-0.2, -0.15) is 5.26 Å². The summed E-state index contributed by atoms with van der Waals surface area (Å²) in [5, 5.41) is 27.3. The summed E-state index contributed by atoms with van der Waals surface area (Å²) in [6.07, 6.45) is 5.87. The van der Waals surface area contributed by atoms with Crippen LogP contribution < -0.4 is 10.6 Å². The summed E-state index contributed by atoms with van der Waals surface area (Å²) in [5.74, 6) is 0. The van der Waals surface area contributed by atoms with E-state index in [-0.39, 0.29) is 11.5 Å². The van der Waals surface area contributed by atoms with Crippen LogP contribution >= 0.6 is 22.9 Å². The minimum Gasteiger partial charge on any atom is -0.383 e. The topological polar surface area (TPSA) is 104 Å². The molecule has 2 N–H and O–H groups in total. The lowest BCUT2D eigenvalue weighted by Crippen LogP contribution is -2.20. The molecule has 1 aliphatic rings. The molecule has 3 heterocycles. The highest BCUT2D eigenvalue weighted by molar-refractivity contribution is 7.17. The molecule has 8 nitrogen and oxygen atoms in total. The SMILES string of the molecule is CC(C)(C)CNc1c(C#N)cnc2c(Cl)cc(N[C@H](c3cn(C4CC4)nn3)c3cccc4ncsc34)cc12. The van der Waals surface area contributed by atoms with Crippen molar-refractivity contribution >= 4 is 55.4 Å². The molecule has 0 amide bonds. The van der Waals surface area contributed by atoms with E-state index in [1.165, 1.54) is 0 Å². The second kappa shape index (κ2) is 9.53. The van der Waals surface area contributed by atoms with Crippen LogP contribution in [-0.4, -0.2) is 31.5 Å². The summed E-state index contributed by atoms with van der Waals surface area (Å²) in [7, 11) is 0. The minimum absolute atomic E-state index is 0.0217. The van der Waals surface area contributed by atoms with Gasteiger partial charge in [-0.3, -0.25) is 4.98 Å². The molecular formula is C28H27ClN8S. The van der Waals surface area contributed by atoms with Crippen LogP contribution in [0.25, 0.3) is 21.1 Å². The predicted molar refractivity (Wildman–Crippen MR) is 153 cm³/mol. The predicted octanol–water partition coefficient (Wildman–Crippen LogP) is 6.96. The first kappa shape index (κ1) is 24.6. The van der Waals surface area contributed by atoms with Gasteiger partial charge in [0.2, 0.25) is 0 Å². The van der Waals surface area contributed by atoms with E-state index in [1.54, 1.807) is 17.5 Å². The zero-order chi connectivity index (χ0) is 26.4. The third-order valence-corrected chi connectivity index (χ3v) is 7.77. The lowest BCUT2D eigenvalue weighted by atomic mass is 9.96. The van der Waals surface area contributed by atoms with E-state index in [2.05, 4.69) is 63.8 Å². The molecule has 0 bridgehead atoms. The first-order valence-electron chi connectivity index (χ1n) is 12.6. The summed E-state index contributed by atoms with van der Waals surface area (Å²) < 4.78 is 3.06. The molecule has 2 aromatic carbocycles. The Morgan fingerprint density at radius 2 is 2.08 bits per heavy atom. The van der Waals surface area contributed by atoms with E-state index in [0.717, 1.165) is 51.1 Å². The van der Waals surface area contributed by atoms with E-state index in [9.17, 15) is 5.26 Å². The number of hydrogen-bond acceptors (Lipinski definition) is 8. The zero-order valence-electron chi connectivity index (χ0n) is 21.4. The molecule has 1 atom stereocenters. The molecule has 0 spiro atoms. The molecule has 1 aliphatic carbocycles. The number of aromatic nitrogens is 5.